The average molecular weight is 307 g/mol. The molecule has 0 N–H and O–H groups in total. The Morgan fingerprint density at radius 1 is 1.26 bits per heavy atom. The fourth-order valence-electron chi connectivity index (χ4n) is 2.87. The Balaban J connectivity index is 1.72. The van der Waals surface area contributed by atoms with Gasteiger partial charge in [0.15, 0.2) is 0 Å². The van der Waals surface area contributed by atoms with Crippen molar-refractivity contribution in [1.29, 1.82) is 0 Å². The van der Waals surface area contributed by atoms with E-state index in [0.29, 0.717) is 13.2 Å². The molecule has 3 nitrogen and oxygen atoms in total. The molecule has 1 aliphatic heterocycles. The SMILES string of the molecule is C=CC(=O)N1CCc2ccc(OCc3ccccc3C)cc2C1. The van der Waals surface area contributed by atoms with Crippen LogP contribution in [0.3, 0.4) is 0 Å². The number of nitrogens with zero attached hydrogens (tertiary/aromatic N) is 1. The van der Waals surface area contributed by atoms with E-state index >= 15 is 0 Å². The third-order valence-corrected chi connectivity index (χ3v) is 4.33. The van der Waals surface area contributed by atoms with Crippen molar-refractivity contribution in [2.45, 2.75) is 26.5 Å². The lowest BCUT2D eigenvalue weighted by Crippen LogP contribution is -2.34. The number of benzene rings is 2. The number of hydrogen-bond donors (Lipinski definition) is 0. The van der Waals surface area contributed by atoms with Gasteiger partial charge in [0, 0.05) is 13.1 Å². The smallest absolute Gasteiger partial charge is 0.246 e. The second-order valence-electron chi connectivity index (χ2n) is 5.86. The standard InChI is InChI=1S/C20H21NO2/c1-3-20(22)21-11-10-16-8-9-19(12-18(16)13-21)23-14-17-7-5-4-6-15(17)2/h3-9,12H,1,10-11,13-14H2,2H3. The highest BCUT2D eigenvalue weighted by Crippen LogP contribution is 2.25. The summed E-state index contributed by atoms with van der Waals surface area (Å²) in [6.07, 6.45) is 2.26. The number of aryl methyl sites for hydroxylation is 1. The number of ether oxygens (including phenoxy) is 1. The summed E-state index contributed by atoms with van der Waals surface area (Å²) in [6.45, 7) is 7.59. The summed E-state index contributed by atoms with van der Waals surface area (Å²) in [7, 11) is 0. The fourth-order valence-corrected chi connectivity index (χ4v) is 2.87. The molecule has 0 aromatic heterocycles. The molecule has 1 aliphatic rings. The first-order valence-electron chi connectivity index (χ1n) is 7.88. The maximum atomic E-state index is 11.8. The van der Waals surface area contributed by atoms with Gasteiger partial charge in [0.2, 0.25) is 5.91 Å². The van der Waals surface area contributed by atoms with Crippen LogP contribution in [-0.2, 0) is 24.4 Å². The zero-order chi connectivity index (χ0) is 16.2. The molecule has 0 atom stereocenters. The predicted octanol–water partition coefficient (Wildman–Crippen LogP) is 3.64. The summed E-state index contributed by atoms with van der Waals surface area (Å²) in [5, 5.41) is 0. The molecule has 1 heterocycles. The summed E-state index contributed by atoms with van der Waals surface area (Å²) in [4.78, 5) is 13.6. The van der Waals surface area contributed by atoms with Gasteiger partial charge in [-0.25, -0.2) is 0 Å². The summed E-state index contributed by atoms with van der Waals surface area (Å²) < 4.78 is 5.94. The maximum absolute atomic E-state index is 11.8. The number of carbonyl (C=O) groups excluding carboxylic acids is 1. The predicted molar refractivity (Wildman–Crippen MR) is 91.3 cm³/mol. The second kappa shape index (κ2) is 6.69. The quantitative estimate of drug-likeness (QED) is 0.807. The van der Waals surface area contributed by atoms with Crippen molar-refractivity contribution < 1.29 is 9.53 Å². The summed E-state index contributed by atoms with van der Waals surface area (Å²) in [6, 6.07) is 14.4. The molecular formula is C20H21NO2. The molecule has 2 aromatic carbocycles. The molecule has 0 fully saturated rings. The van der Waals surface area contributed by atoms with Crippen LogP contribution in [0.2, 0.25) is 0 Å². The van der Waals surface area contributed by atoms with Gasteiger partial charge in [-0.2, -0.15) is 0 Å². The van der Waals surface area contributed by atoms with Gasteiger partial charge in [0.1, 0.15) is 12.4 Å². The van der Waals surface area contributed by atoms with E-state index in [2.05, 4.69) is 37.8 Å². The number of hydrogen-bond acceptors (Lipinski definition) is 2. The van der Waals surface area contributed by atoms with Crippen molar-refractivity contribution in [3.63, 3.8) is 0 Å². The van der Waals surface area contributed by atoms with Crippen LogP contribution in [0.1, 0.15) is 22.3 Å². The van der Waals surface area contributed by atoms with Crippen LogP contribution in [0, 0.1) is 6.92 Å². The molecule has 0 bridgehead atoms. The van der Waals surface area contributed by atoms with Crippen molar-refractivity contribution in [3.05, 3.63) is 77.4 Å². The minimum Gasteiger partial charge on any atom is -0.489 e. The van der Waals surface area contributed by atoms with Crippen LogP contribution in [0.15, 0.2) is 55.1 Å². The number of rotatable bonds is 4. The Bertz CT molecular complexity index is 736. The van der Waals surface area contributed by atoms with Gasteiger partial charge >= 0.3 is 0 Å². The normalized spacial score (nSPS) is 13.3. The number of amides is 1. The fraction of sp³-hybridized carbons (Fsp3) is 0.250. The van der Waals surface area contributed by atoms with E-state index in [1.54, 1.807) is 0 Å². The lowest BCUT2D eigenvalue weighted by Gasteiger charge is -2.28. The third-order valence-electron chi connectivity index (χ3n) is 4.33. The second-order valence-corrected chi connectivity index (χ2v) is 5.86. The van der Waals surface area contributed by atoms with E-state index in [0.717, 1.165) is 24.3 Å². The molecule has 0 radical (unpaired) electrons. The van der Waals surface area contributed by atoms with Gasteiger partial charge in [-0.05, 0) is 53.8 Å². The van der Waals surface area contributed by atoms with E-state index in [4.69, 9.17) is 4.74 Å². The van der Waals surface area contributed by atoms with E-state index in [1.807, 2.05) is 23.1 Å². The molecule has 3 rings (SSSR count). The molecule has 0 aliphatic carbocycles. The van der Waals surface area contributed by atoms with Crippen LogP contribution in [0.4, 0.5) is 0 Å². The molecule has 2 aromatic rings. The van der Waals surface area contributed by atoms with Gasteiger partial charge < -0.3 is 9.64 Å². The van der Waals surface area contributed by atoms with Crippen LogP contribution >= 0.6 is 0 Å². The zero-order valence-electron chi connectivity index (χ0n) is 13.4. The highest BCUT2D eigenvalue weighted by Gasteiger charge is 2.19. The monoisotopic (exact) mass is 307 g/mol. The van der Waals surface area contributed by atoms with Crippen LogP contribution in [0.5, 0.6) is 5.75 Å². The van der Waals surface area contributed by atoms with Gasteiger partial charge in [-0.15, -0.1) is 0 Å². The molecule has 0 unspecified atom stereocenters. The Labute approximate surface area is 137 Å². The first kappa shape index (κ1) is 15.3. The van der Waals surface area contributed by atoms with E-state index in [9.17, 15) is 4.79 Å². The lowest BCUT2D eigenvalue weighted by molar-refractivity contribution is -0.126. The van der Waals surface area contributed by atoms with E-state index in [1.165, 1.54) is 22.8 Å². The van der Waals surface area contributed by atoms with Crippen molar-refractivity contribution in [3.8, 4) is 5.75 Å². The molecule has 23 heavy (non-hydrogen) atoms. The minimum atomic E-state index is -0.0121. The first-order chi connectivity index (χ1) is 11.2. The van der Waals surface area contributed by atoms with Crippen molar-refractivity contribution >= 4 is 5.91 Å². The molecule has 0 saturated heterocycles. The van der Waals surface area contributed by atoms with Crippen LogP contribution in [-0.4, -0.2) is 17.4 Å². The van der Waals surface area contributed by atoms with Gasteiger partial charge in [0.25, 0.3) is 0 Å². The highest BCUT2D eigenvalue weighted by molar-refractivity contribution is 5.87. The Hall–Kier alpha value is -2.55. The van der Waals surface area contributed by atoms with Crippen LogP contribution < -0.4 is 4.74 Å². The summed E-state index contributed by atoms with van der Waals surface area (Å²) >= 11 is 0. The van der Waals surface area contributed by atoms with Crippen LogP contribution in [0.25, 0.3) is 0 Å². The molecule has 1 amide bonds. The van der Waals surface area contributed by atoms with Crippen molar-refractivity contribution in [1.82, 2.24) is 4.90 Å². The molecule has 0 saturated carbocycles. The minimum absolute atomic E-state index is 0.0121. The van der Waals surface area contributed by atoms with Gasteiger partial charge in [-0.3, -0.25) is 4.79 Å². The first-order valence-corrected chi connectivity index (χ1v) is 7.88. The Morgan fingerprint density at radius 2 is 2.09 bits per heavy atom. The third kappa shape index (κ3) is 3.45. The largest absolute Gasteiger partial charge is 0.489 e. The molecule has 3 heteroatoms. The van der Waals surface area contributed by atoms with E-state index in [-0.39, 0.29) is 5.91 Å². The van der Waals surface area contributed by atoms with Crippen molar-refractivity contribution in [2.75, 3.05) is 6.54 Å². The maximum Gasteiger partial charge on any atom is 0.246 e. The zero-order valence-corrected chi connectivity index (χ0v) is 13.4. The van der Waals surface area contributed by atoms with E-state index < -0.39 is 0 Å². The van der Waals surface area contributed by atoms with Gasteiger partial charge in [-0.1, -0.05) is 36.9 Å². The van der Waals surface area contributed by atoms with Crippen molar-refractivity contribution in [2.24, 2.45) is 0 Å². The number of carbonyl (C=O) groups is 1. The molecular weight excluding hydrogens is 286 g/mol. The summed E-state index contributed by atoms with van der Waals surface area (Å²) in [5.74, 6) is 0.835. The van der Waals surface area contributed by atoms with Gasteiger partial charge in [0.05, 0.1) is 0 Å². The highest BCUT2D eigenvalue weighted by atomic mass is 16.5. The summed E-state index contributed by atoms with van der Waals surface area (Å²) in [5.41, 5.74) is 4.87. The lowest BCUT2D eigenvalue weighted by atomic mass is 9.99. The topological polar surface area (TPSA) is 29.5 Å². The Morgan fingerprint density at radius 3 is 2.87 bits per heavy atom. The number of fused-ring (bicyclic) bond motifs is 1. The Kier molecular flexibility index (Phi) is 4.47. The molecule has 0 spiro atoms. The average Bonchev–Trinajstić information content (AvgIpc) is 2.59. The molecule has 118 valence electrons.